The minimum atomic E-state index is -0.578. The van der Waals surface area contributed by atoms with Crippen LogP contribution in [0.15, 0.2) is 30.3 Å². The van der Waals surface area contributed by atoms with Crippen LogP contribution in [0.2, 0.25) is 0 Å². The van der Waals surface area contributed by atoms with Crippen molar-refractivity contribution in [2.75, 3.05) is 19.6 Å². The van der Waals surface area contributed by atoms with E-state index in [-0.39, 0.29) is 55.1 Å². The Bertz CT molecular complexity index is 557. The van der Waals surface area contributed by atoms with Gasteiger partial charge in [-0.05, 0) is 17.9 Å². The van der Waals surface area contributed by atoms with Crippen molar-refractivity contribution in [1.29, 1.82) is 0 Å². The van der Waals surface area contributed by atoms with Crippen LogP contribution in [-0.2, 0) is 16.1 Å². The lowest BCUT2D eigenvalue weighted by Gasteiger charge is -2.18. The molecule has 1 fully saturated rings. The van der Waals surface area contributed by atoms with Crippen molar-refractivity contribution in [1.82, 2.24) is 15.5 Å². The molecule has 1 heterocycles. The van der Waals surface area contributed by atoms with E-state index in [1.807, 2.05) is 32.0 Å². The Morgan fingerprint density at radius 2 is 1.88 bits per heavy atom. The lowest BCUT2D eigenvalue weighted by atomic mass is 10.1. The fourth-order valence-corrected chi connectivity index (χ4v) is 2.80. The first-order valence-electron chi connectivity index (χ1n) is 8.54. The third kappa shape index (κ3) is 7.91. The molecule has 1 aromatic carbocycles. The van der Waals surface area contributed by atoms with Crippen molar-refractivity contribution in [2.45, 2.75) is 38.9 Å². The van der Waals surface area contributed by atoms with Crippen LogP contribution in [0.4, 0.5) is 0 Å². The Labute approximate surface area is 168 Å². The number of nitrogens with two attached hydrogens (primary N) is 1. The van der Waals surface area contributed by atoms with E-state index in [0.29, 0.717) is 0 Å². The average Bonchev–Trinajstić information content (AvgIpc) is 2.99. The van der Waals surface area contributed by atoms with E-state index in [9.17, 15) is 9.59 Å². The summed E-state index contributed by atoms with van der Waals surface area (Å²) in [5.74, 6) is -0.391. The van der Waals surface area contributed by atoms with Gasteiger partial charge in [-0.25, -0.2) is 0 Å². The van der Waals surface area contributed by atoms with E-state index >= 15 is 0 Å². The molecule has 1 aliphatic heterocycles. The summed E-state index contributed by atoms with van der Waals surface area (Å²) in [5.41, 5.74) is 7.03. The second kappa shape index (κ2) is 12.1. The van der Waals surface area contributed by atoms with E-state index in [1.165, 1.54) is 5.56 Å². The van der Waals surface area contributed by atoms with Gasteiger partial charge in [0.1, 0.15) is 0 Å². The molecule has 0 spiro atoms. The zero-order valence-corrected chi connectivity index (χ0v) is 16.9. The molecule has 8 heteroatoms. The summed E-state index contributed by atoms with van der Waals surface area (Å²) in [6, 6.07) is 9.86. The van der Waals surface area contributed by atoms with Crippen molar-refractivity contribution in [2.24, 2.45) is 11.7 Å². The average molecular weight is 405 g/mol. The lowest BCUT2D eigenvalue weighted by Crippen LogP contribution is -2.48. The number of carbonyl (C=O) groups excluding carboxylic acids is 2. The fourth-order valence-electron chi connectivity index (χ4n) is 2.80. The monoisotopic (exact) mass is 404 g/mol. The van der Waals surface area contributed by atoms with Gasteiger partial charge in [-0.2, -0.15) is 0 Å². The largest absolute Gasteiger partial charge is 0.350 e. The molecular weight excluding hydrogens is 375 g/mol. The van der Waals surface area contributed by atoms with Gasteiger partial charge in [-0.1, -0.05) is 44.2 Å². The summed E-state index contributed by atoms with van der Waals surface area (Å²) < 4.78 is 0. The normalized spacial score (nSPS) is 17.8. The highest BCUT2D eigenvalue weighted by molar-refractivity contribution is 5.87. The summed E-state index contributed by atoms with van der Waals surface area (Å²) in [6.07, 6.45) is 0.929. The Morgan fingerprint density at radius 1 is 1.23 bits per heavy atom. The Balaban J connectivity index is 0.00000312. The molecule has 148 valence electrons. The van der Waals surface area contributed by atoms with E-state index in [1.54, 1.807) is 0 Å². The first-order chi connectivity index (χ1) is 11.5. The molecular formula is C18H30Cl2N4O2. The molecule has 1 aliphatic rings. The van der Waals surface area contributed by atoms with E-state index in [2.05, 4.69) is 27.7 Å². The number of nitrogens with zero attached hydrogens (tertiary/aromatic N) is 1. The summed E-state index contributed by atoms with van der Waals surface area (Å²) in [7, 11) is 0. The molecule has 4 N–H and O–H groups in total. The second-order valence-electron chi connectivity index (χ2n) is 6.76. The van der Waals surface area contributed by atoms with Crippen LogP contribution in [0.1, 0.15) is 25.8 Å². The zero-order valence-electron chi connectivity index (χ0n) is 15.3. The number of amides is 2. The molecule has 1 saturated heterocycles. The van der Waals surface area contributed by atoms with Gasteiger partial charge in [0.2, 0.25) is 11.8 Å². The van der Waals surface area contributed by atoms with Crippen molar-refractivity contribution in [3.63, 3.8) is 0 Å². The van der Waals surface area contributed by atoms with Crippen molar-refractivity contribution in [3.05, 3.63) is 35.9 Å². The minimum Gasteiger partial charge on any atom is -0.350 e. The van der Waals surface area contributed by atoms with Gasteiger partial charge in [-0.3, -0.25) is 14.5 Å². The summed E-state index contributed by atoms with van der Waals surface area (Å²) >= 11 is 0. The minimum absolute atomic E-state index is 0. The van der Waals surface area contributed by atoms with Gasteiger partial charge in [0, 0.05) is 25.7 Å². The summed E-state index contributed by atoms with van der Waals surface area (Å²) in [6.45, 7) is 6.43. The quantitative estimate of drug-likeness (QED) is 0.639. The molecule has 6 nitrogen and oxygen atoms in total. The van der Waals surface area contributed by atoms with Gasteiger partial charge in [-0.15, -0.1) is 24.8 Å². The smallest absolute Gasteiger partial charge is 0.239 e. The van der Waals surface area contributed by atoms with E-state index in [0.717, 1.165) is 26.1 Å². The summed E-state index contributed by atoms with van der Waals surface area (Å²) in [4.78, 5) is 26.1. The maximum Gasteiger partial charge on any atom is 0.239 e. The number of likely N-dealkylation sites (tertiary alicyclic amines) is 1. The highest BCUT2D eigenvalue weighted by atomic mass is 35.5. The maximum absolute atomic E-state index is 12.0. The SMILES string of the molecule is CC(C)[C@H](N)C(=O)NCC(=O)NC1CCN(Cc2ccccc2)C1.Cl.Cl. The van der Waals surface area contributed by atoms with Crippen LogP contribution in [0.3, 0.4) is 0 Å². The molecule has 0 saturated carbocycles. The molecule has 26 heavy (non-hydrogen) atoms. The van der Waals surface area contributed by atoms with Crippen LogP contribution in [-0.4, -0.2) is 48.4 Å². The van der Waals surface area contributed by atoms with Crippen molar-refractivity contribution in [3.8, 4) is 0 Å². The number of carbonyl (C=O) groups is 2. The van der Waals surface area contributed by atoms with Crippen LogP contribution < -0.4 is 16.4 Å². The molecule has 0 bridgehead atoms. The molecule has 0 aliphatic carbocycles. The topological polar surface area (TPSA) is 87.5 Å². The Kier molecular flexibility index (Phi) is 11.5. The zero-order chi connectivity index (χ0) is 17.5. The van der Waals surface area contributed by atoms with E-state index < -0.39 is 6.04 Å². The van der Waals surface area contributed by atoms with Crippen LogP contribution in [0, 0.1) is 5.92 Å². The predicted molar refractivity (Wildman–Crippen MR) is 109 cm³/mol. The molecule has 1 aromatic rings. The number of benzene rings is 1. The van der Waals surface area contributed by atoms with Gasteiger partial charge >= 0.3 is 0 Å². The highest BCUT2D eigenvalue weighted by Crippen LogP contribution is 2.13. The van der Waals surface area contributed by atoms with Gasteiger partial charge in [0.05, 0.1) is 12.6 Å². The first-order valence-corrected chi connectivity index (χ1v) is 8.54. The van der Waals surface area contributed by atoms with Crippen LogP contribution in [0.5, 0.6) is 0 Å². The third-order valence-electron chi connectivity index (χ3n) is 4.33. The number of rotatable bonds is 7. The number of hydrogen-bond acceptors (Lipinski definition) is 4. The first kappa shape index (κ1) is 24.7. The number of halogens is 2. The second-order valence-corrected chi connectivity index (χ2v) is 6.76. The fraction of sp³-hybridized carbons (Fsp3) is 0.556. The molecule has 2 rings (SSSR count). The number of hydrogen-bond donors (Lipinski definition) is 3. The Hall–Kier alpha value is -1.34. The highest BCUT2D eigenvalue weighted by Gasteiger charge is 2.24. The molecule has 2 atom stereocenters. The maximum atomic E-state index is 12.0. The molecule has 0 radical (unpaired) electrons. The van der Waals surface area contributed by atoms with Gasteiger partial charge in [0.15, 0.2) is 0 Å². The van der Waals surface area contributed by atoms with Crippen LogP contribution >= 0.6 is 24.8 Å². The third-order valence-corrected chi connectivity index (χ3v) is 4.33. The van der Waals surface area contributed by atoms with Gasteiger partial charge in [0.25, 0.3) is 0 Å². The predicted octanol–water partition coefficient (Wildman–Crippen LogP) is 1.32. The number of nitrogens with one attached hydrogen (secondary N) is 2. The van der Waals surface area contributed by atoms with Crippen molar-refractivity contribution >= 4 is 36.6 Å². The summed E-state index contributed by atoms with van der Waals surface area (Å²) in [5, 5.41) is 5.58. The van der Waals surface area contributed by atoms with Gasteiger partial charge < -0.3 is 16.4 Å². The molecule has 2 amide bonds. The standard InChI is InChI=1S/C18H28N4O2.2ClH/c1-13(2)17(19)18(24)20-10-16(23)21-15-8-9-22(12-15)11-14-6-4-3-5-7-14;;/h3-7,13,15,17H,8-12,19H2,1-2H3,(H,20,24)(H,21,23);2*1H/t15?,17-;;/m0../s1. The van der Waals surface area contributed by atoms with Crippen LogP contribution in [0.25, 0.3) is 0 Å². The van der Waals surface area contributed by atoms with E-state index in [4.69, 9.17) is 5.73 Å². The van der Waals surface area contributed by atoms with Crippen molar-refractivity contribution < 1.29 is 9.59 Å². The molecule has 1 unspecified atom stereocenters. The Morgan fingerprint density at radius 3 is 2.50 bits per heavy atom. The molecule has 0 aromatic heterocycles. The lowest BCUT2D eigenvalue weighted by molar-refractivity contribution is -0.127.